The highest BCUT2D eigenvalue weighted by Crippen LogP contribution is 2.44. The summed E-state index contributed by atoms with van der Waals surface area (Å²) < 4.78 is 11.6. The van der Waals surface area contributed by atoms with E-state index in [4.69, 9.17) is 9.47 Å². The van der Waals surface area contributed by atoms with Crippen molar-refractivity contribution in [3.8, 4) is 11.5 Å². The van der Waals surface area contributed by atoms with Gasteiger partial charge in [0.2, 0.25) is 0 Å². The Labute approximate surface area is 179 Å². The Morgan fingerprint density at radius 2 is 1.84 bits per heavy atom. The molecule has 2 heterocycles. The third-order valence-corrected chi connectivity index (χ3v) is 5.88. The summed E-state index contributed by atoms with van der Waals surface area (Å²) >= 11 is 0. The minimum atomic E-state index is -0.459. The van der Waals surface area contributed by atoms with Crippen LogP contribution in [0.15, 0.2) is 64.6 Å². The van der Waals surface area contributed by atoms with Crippen LogP contribution in [0.25, 0.3) is 0 Å². The molecule has 0 bridgehead atoms. The number of hydrogen-bond acceptors (Lipinski definition) is 5. The predicted molar refractivity (Wildman–Crippen MR) is 117 cm³/mol. The van der Waals surface area contributed by atoms with Crippen LogP contribution >= 0.6 is 0 Å². The number of carbonyl (C=O) groups excluding carboxylic acids is 1. The Balaban J connectivity index is 1.58. The lowest BCUT2D eigenvalue weighted by atomic mass is 9.77. The molecular formula is C24H23N3O4. The van der Waals surface area contributed by atoms with Crippen LogP contribution in [0.2, 0.25) is 0 Å². The third-order valence-electron chi connectivity index (χ3n) is 5.88. The van der Waals surface area contributed by atoms with Crippen LogP contribution in [0.1, 0.15) is 41.9 Å². The second kappa shape index (κ2) is 7.83. The summed E-state index contributed by atoms with van der Waals surface area (Å²) in [4.78, 5) is 25.5. The first-order valence-corrected chi connectivity index (χ1v) is 10.3. The van der Waals surface area contributed by atoms with Gasteiger partial charge in [-0.3, -0.25) is 19.8 Å². The molecular weight excluding hydrogens is 394 g/mol. The summed E-state index contributed by atoms with van der Waals surface area (Å²) in [5.74, 6) is 1.40. The number of nitrogens with one attached hydrogen (secondary N) is 3. The Morgan fingerprint density at radius 1 is 1.00 bits per heavy atom. The summed E-state index contributed by atoms with van der Waals surface area (Å²) in [6.07, 6.45) is 2.06. The fourth-order valence-electron chi connectivity index (χ4n) is 4.42. The molecule has 0 saturated heterocycles. The summed E-state index contributed by atoms with van der Waals surface area (Å²) in [6.45, 7) is 0.385. The molecule has 3 aromatic rings. The van der Waals surface area contributed by atoms with E-state index in [9.17, 15) is 9.59 Å². The zero-order valence-corrected chi connectivity index (χ0v) is 17.2. The molecule has 7 heteroatoms. The van der Waals surface area contributed by atoms with Gasteiger partial charge in [-0.05, 0) is 36.1 Å². The van der Waals surface area contributed by atoms with Crippen molar-refractivity contribution >= 4 is 11.6 Å². The van der Waals surface area contributed by atoms with Gasteiger partial charge in [0.1, 0.15) is 12.4 Å². The van der Waals surface area contributed by atoms with Crippen molar-refractivity contribution in [3.05, 3.63) is 86.8 Å². The number of ketones is 1. The van der Waals surface area contributed by atoms with Gasteiger partial charge in [0, 0.05) is 23.6 Å². The van der Waals surface area contributed by atoms with Gasteiger partial charge < -0.3 is 14.8 Å². The van der Waals surface area contributed by atoms with Crippen LogP contribution in [0.4, 0.5) is 5.82 Å². The van der Waals surface area contributed by atoms with E-state index in [2.05, 4.69) is 15.5 Å². The number of hydrogen-bond donors (Lipinski definition) is 3. The number of aromatic nitrogens is 2. The van der Waals surface area contributed by atoms with Crippen molar-refractivity contribution in [2.24, 2.45) is 0 Å². The van der Waals surface area contributed by atoms with Gasteiger partial charge >= 0.3 is 0 Å². The van der Waals surface area contributed by atoms with Gasteiger partial charge in [0.15, 0.2) is 17.3 Å². The minimum Gasteiger partial charge on any atom is -0.493 e. The van der Waals surface area contributed by atoms with E-state index in [-0.39, 0.29) is 11.3 Å². The maximum Gasteiger partial charge on any atom is 0.270 e. The smallest absolute Gasteiger partial charge is 0.270 e. The van der Waals surface area contributed by atoms with Crippen LogP contribution in [-0.4, -0.2) is 23.1 Å². The van der Waals surface area contributed by atoms with Crippen molar-refractivity contribution in [1.29, 1.82) is 0 Å². The largest absolute Gasteiger partial charge is 0.493 e. The van der Waals surface area contributed by atoms with E-state index in [0.29, 0.717) is 41.5 Å². The molecule has 0 radical (unpaired) electrons. The monoisotopic (exact) mass is 417 g/mol. The first-order valence-electron chi connectivity index (χ1n) is 10.3. The highest BCUT2D eigenvalue weighted by atomic mass is 16.5. The molecule has 31 heavy (non-hydrogen) atoms. The Morgan fingerprint density at radius 3 is 2.65 bits per heavy atom. The number of rotatable bonds is 5. The predicted octanol–water partition coefficient (Wildman–Crippen LogP) is 3.86. The quantitative estimate of drug-likeness (QED) is 0.586. The Bertz CT molecular complexity index is 1220. The average Bonchev–Trinajstić information content (AvgIpc) is 3.17. The van der Waals surface area contributed by atoms with Crippen molar-refractivity contribution in [2.45, 2.75) is 31.8 Å². The molecule has 0 amide bonds. The third kappa shape index (κ3) is 3.42. The lowest BCUT2D eigenvalue weighted by Gasteiger charge is -2.31. The SMILES string of the molecule is COc1ccc([C@@H]2C3=C(CCCC3=O)Nc3[nH][nH]c(=O)c32)cc1OCc1ccccc1. The normalized spacial score (nSPS) is 17.6. The van der Waals surface area contributed by atoms with Crippen LogP contribution in [-0.2, 0) is 11.4 Å². The fourth-order valence-corrected chi connectivity index (χ4v) is 4.42. The van der Waals surface area contributed by atoms with Crippen LogP contribution in [0, 0.1) is 0 Å². The highest BCUT2D eigenvalue weighted by molar-refractivity contribution is 6.00. The summed E-state index contributed by atoms with van der Waals surface area (Å²) in [5, 5.41) is 8.81. The molecule has 2 aromatic carbocycles. The zero-order chi connectivity index (χ0) is 21.4. The Kier molecular flexibility index (Phi) is 4.86. The molecule has 0 unspecified atom stereocenters. The number of Topliss-reactive ketones (excluding diaryl/α,β-unsaturated/α-hetero) is 1. The lowest BCUT2D eigenvalue weighted by Crippen LogP contribution is -2.29. The number of anilines is 1. The molecule has 3 N–H and O–H groups in total. The van der Waals surface area contributed by atoms with Crippen LogP contribution < -0.4 is 20.3 Å². The first kappa shape index (κ1) is 19.2. The molecule has 1 aliphatic carbocycles. The van der Waals surface area contributed by atoms with Crippen molar-refractivity contribution < 1.29 is 14.3 Å². The van der Waals surface area contributed by atoms with E-state index >= 15 is 0 Å². The maximum atomic E-state index is 12.9. The fraction of sp³-hybridized carbons (Fsp3) is 0.250. The number of carbonyl (C=O) groups is 1. The number of allylic oxidation sites excluding steroid dienone is 2. The van der Waals surface area contributed by atoms with Gasteiger partial charge in [0.05, 0.1) is 12.7 Å². The van der Waals surface area contributed by atoms with Gasteiger partial charge in [-0.25, -0.2) is 0 Å². The number of H-pyrrole nitrogens is 2. The number of methoxy groups -OCH3 is 1. The molecule has 0 spiro atoms. The minimum absolute atomic E-state index is 0.0765. The zero-order valence-electron chi connectivity index (χ0n) is 17.2. The first-order chi connectivity index (χ1) is 15.2. The number of benzene rings is 2. The molecule has 7 nitrogen and oxygen atoms in total. The second-order valence-corrected chi connectivity index (χ2v) is 7.78. The van der Waals surface area contributed by atoms with Gasteiger partial charge in [0.25, 0.3) is 5.56 Å². The van der Waals surface area contributed by atoms with Gasteiger partial charge in [-0.1, -0.05) is 36.4 Å². The molecule has 1 aromatic heterocycles. The molecule has 0 fully saturated rings. The lowest BCUT2D eigenvalue weighted by molar-refractivity contribution is -0.116. The number of aromatic amines is 2. The van der Waals surface area contributed by atoms with E-state index in [1.807, 2.05) is 48.5 Å². The van der Waals surface area contributed by atoms with E-state index in [1.54, 1.807) is 7.11 Å². The van der Waals surface area contributed by atoms with E-state index < -0.39 is 5.92 Å². The second-order valence-electron chi connectivity index (χ2n) is 7.78. The van der Waals surface area contributed by atoms with Crippen LogP contribution in [0.5, 0.6) is 11.5 Å². The van der Waals surface area contributed by atoms with Crippen LogP contribution in [0.3, 0.4) is 0 Å². The molecule has 5 rings (SSSR count). The standard InChI is InChI=1S/C24H23N3O4/c1-30-18-11-10-15(12-19(18)31-13-14-6-3-2-4-7-14)20-21-16(8-5-9-17(21)28)25-23-22(20)24(29)27-26-23/h2-4,6-7,10-12,20H,5,8-9,13H2,1H3,(H3,25,26,27,29)/t20-/m1/s1. The van der Waals surface area contributed by atoms with E-state index in [0.717, 1.165) is 29.7 Å². The highest BCUT2D eigenvalue weighted by Gasteiger charge is 2.38. The maximum absolute atomic E-state index is 12.9. The molecule has 0 saturated carbocycles. The summed E-state index contributed by atoms with van der Waals surface area (Å²) in [7, 11) is 1.59. The van der Waals surface area contributed by atoms with Crippen molar-refractivity contribution in [2.75, 3.05) is 12.4 Å². The summed E-state index contributed by atoms with van der Waals surface area (Å²) in [5.41, 5.74) is 3.69. The molecule has 1 atom stereocenters. The summed E-state index contributed by atoms with van der Waals surface area (Å²) in [6, 6.07) is 15.5. The topological polar surface area (TPSA) is 96.2 Å². The van der Waals surface area contributed by atoms with Crippen molar-refractivity contribution in [1.82, 2.24) is 10.2 Å². The molecule has 2 aliphatic rings. The number of ether oxygens (including phenoxy) is 2. The number of fused-ring (bicyclic) bond motifs is 1. The van der Waals surface area contributed by atoms with Gasteiger partial charge in [-0.2, -0.15) is 0 Å². The van der Waals surface area contributed by atoms with Crippen molar-refractivity contribution in [3.63, 3.8) is 0 Å². The van der Waals surface area contributed by atoms with E-state index in [1.165, 1.54) is 0 Å². The average molecular weight is 417 g/mol. The van der Waals surface area contributed by atoms with Gasteiger partial charge in [-0.15, -0.1) is 0 Å². The Hall–Kier alpha value is -3.74. The molecule has 158 valence electrons. The molecule has 1 aliphatic heterocycles.